The predicted octanol–water partition coefficient (Wildman–Crippen LogP) is 4.34. The van der Waals surface area contributed by atoms with E-state index in [2.05, 4.69) is 9.97 Å². The van der Waals surface area contributed by atoms with E-state index >= 15 is 0 Å². The summed E-state index contributed by atoms with van der Waals surface area (Å²) in [5, 5.41) is 0. The van der Waals surface area contributed by atoms with Gasteiger partial charge in [-0.1, -0.05) is 30.3 Å². The van der Waals surface area contributed by atoms with Crippen molar-refractivity contribution in [1.82, 2.24) is 23.8 Å². The molecule has 182 valence electrons. The summed E-state index contributed by atoms with van der Waals surface area (Å²) in [6, 6.07) is 19.2. The molecule has 8 heteroatoms. The van der Waals surface area contributed by atoms with E-state index in [1.54, 1.807) is 0 Å². The van der Waals surface area contributed by atoms with E-state index in [0.29, 0.717) is 24.4 Å². The molecule has 0 radical (unpaired) electrons. The van der Waals surface area contributed by atoms with Crippen LogP contribution in [0.25, 0.3) is 16.7 Å². The summed E-state index contributed by atoms with van der Waals surface area (Å²) in [5.74, 6) is 0.493. The van der Waals surface area contributed by atoms with E-state index < -0.39 is 0 Å². The lowest BCUT2D eigenvalue weighted by molar-refractivity contribution is 0.0690. The van der Waals surface area contributed by atoms with Crippen LogP contribution < -0.4 is 10.4 Å². The molecule has 2 aromatic carbocycles. The van der Waals surface area contributed by atoms with Crippen LogP contribution in [0.15, 0.2) is 77.9 Å². The lowest BCUT2D eigenvalue weighted by Gasteiger charge is -2.33. The van der Waals surface area contributed by atoms with Crippen molar-refractivity contribution in [2.24, 2.45) is 0 Å². The summed E-state index contributed by atoms with van der Waals surface area (Å²) in [6.07, 6.45) is 5.35. The van der Waals surface area contributed by atoms with E-state index in [4.69, 9.17) is 4.74 Å². The number of imidazole rings is 2. The topological polar surface area (TPSA) is 84.6 Å². The molecule has 4 heterocycles. The fourth-order valence-electron chi connectivity index (χ4n) is 5.13. The first kappa shape index (κ1) is 22.2. The van der Waals surface area contributed by atoms with Crippen LogP contribution in [0.1, 0.15) is 40.5 Å². The number of carbonyl (C=O) groups excluding carboxylic acids is 1. The summed E-state index contributed by atoms with van der Waals surface area (Å²) in [6.45, 7) is 3.46. The maximum Gasteiger partial charge on any atom is 0.326 e. The van der Waals surface area contributed by atoms with Crippen molar-refractivity contribution in [3.63, 3.8) is 0 Å². The van der Waals surface area contributed by atoms with Crippen LogP contribution in [0.2, 0.25) is 0 Å². The molecule has 36 heavy (non-hydrogen) atoms. The molecule has 5 aromatic rings. The van der Waals surface area contributed by atoms with Crippen LogP contribution in [0.3, 0.4) is 0 Å². The van der Waals surface area contributed by atoms with Crippen LogP contribution in [-0.2, 0) is 6.61 Å². The fourth-order valence-corrected chi connectivity index (χ4v) is 5.13. The maximum atomic E-state index is 13.4. The molecule has 0 bridgehead atoms. The zero-order valence-electron chi connectivity index (χ0n) is 20.1. The number of para-hydroxylation sites is 3. The first-order valence-corrected chi connectivity index (χ1v) is 12.2. The van der Waals surface area contributed by atoms with Crippen molar-refractivity contribution in [3.05, 3.63) is 100 Å². The van der Waals surface area contributed by atoms with E-state index in [1.807, 2.05) is 93.8 Å². The second kappa shape index (κ2) is 9.03. The Morgan fingerprint density at radius 3 is 2.67 bits per heavy atom. The number of benzene rings is 2. The number of ether oxygens (including phenoxy) is 1. The van der Waals surface area contributed by atoms with Gasteiger partial charge < -0.3 is 19.0 Å². The monoisotopic (exact) mass is 481 g/mol. The number of H-pyrrole nitrogens is 1. The van der Waals surface area contributed by atoms with Gasteiger partial charge in [-0.05, 0) is 55.7 Å². The van der Waals surface area contributed by atoms with Gasteiger partial charge in [-0.3, -0.25) is 9.36 Å². The minimum absolute atomic E-state index is 0.0545. The van der Waals surface area contributed by atoms with Crippen molar-refractivity contribution in [3.8, 4) is 5.75 Å². The summed E-state index contributed by atoms with van der Waals surface area (Å²) >= 11 is 0. The molecule has 1 saturated heterocycles. The second-order valence-corrected chi connectivity index (χ2v) is 9.28. The quantitative estimate of drug-likeness (QED) is 0.405. The lowest BCUT2D eigenvalue weighted by Crippen LogP contribution is -2.40. The summed E-state index contributed by atoms with van der Waals surface area (Å²) in [5.41, 5.74) is 5.00. The average molecular weight is 482 g/mol. The number of likely N-dealkylation sites (tertiary alicyclic amines) is 1. The van der Waals surface area contributed by atoms with Gasteiger partial charge in [0.25, 0.3) is 5.91 Å². The minimum atomic E-state index is -0.0955. The first-order valence-electron chi connectivity index (χ1n) is 12.2. The molecule has 1 amide bonds. The fraction of sp³-hybridized carbons (Fsp3) is 0.250. The third-order valence-electron chi connectivity index (χ3n) is 6.96. The van der Waals surface area contributed by atoms with Gasteiger partial charge in [0.1, 0.15) is 18.0 Å². The van der Waals surface area contributed by atoms with Gasteiger partial charge in [-0.15, -0.1) is 0 Å². The van der Waals surface area contributed by atoms with E-state index in [0.717, 1.165) is 40.8 Å². The molecule has 1 aliphatic rings. The molecule has 0 atom stereocenters. The van der Waals surface area contributed by atoms with Crippen molar-refractivity contribution in [1.29, 1.82) is 0 Å². The average Bonchev–Trinajstić information content (AvgIpc) is 3.48. The Hall–Kier alpha value is -4.33. The first-order chi connectivity index (χ1) is 17.6. The van der Waals surface area contributed by atoms with Crippen LogP contribution in [0, 0.1) is 6.92 Å². The number of piperidine rings is 1. The molecule has 0 unspecified atom stereocenters. The Balaban J connectivity index is 1.16. The largest absolute Gasteiger partial charge is 0.486 e. The van der Waals surface area contributed by atoms with Crippen molar-refractivity contribution in [2.45, 2.75) is 32.4 Å². The number of rotatable bonds is 5. The van der Waals surface area contributed by atoms with Crippen LogP contribution in [0.5, 0.6) is 5.75 Å². The molecular weight excluding hydrogens is 454 g/mol. The minimum Gasteiger partial charge on any atom is -0.486 e. The van der Waals surface area contributed by atoms with Crippen LogP contribution in [-0.4, -0.2) is 42.8 Å². The van der Waals surface area contributed by atoms with Crippen LogP contribution in [0.4, 0.5) is 0 Å². The number of aromatic nitrogens is 4. The molecule has 1 N–H and O–H groups in total. The summed E-state index contributed by atoms with van der Waals surface area (Å²) < 4.78 is 9.89. The third kappa shape index (κ3) is 3.94. The van der Waals surface area contributed by atoms with Crippen LogP contribution >= 0.6 is 0 Å². The van der Waals surface area contributed by atoms with E-state index in [-0.39, 0.29) is 24.2 Å². The summed E-state index contributed by atoms with van der Waals surface area (Å²) in [4.78, 5) is 35.5. The number of aromatic amines is 1. The van der Waals surface area contributed by atoms with Gasteiger partial charge in [0.05, 0.1) is 22.3 Å². The Labute approximate surface area is 207 Å². The van der Waals surface area contributed by atoms with Crippen molar-refractivity contribution < 1.29 is 9.53 Å². The highest BCUT2D eigenvalue weighted by Gasteiger charge is 2.28. The molecule has 6 rings (SSSR count). The number of hydrogen-bond acceptors (Lipinski definition) is 4. The molecular formula is C28H27N5O3. The number of fused-ring (bicyclic) bond motifs is 2. The highest BCUT2D eigenvalue weighted by Crippen LogP contribution is 2.28. The number of nitrogens with zero attached hydrogens (tertiary/aromatic N) is 4. The Kier molecular flexibility index (Phi) is 5.56. The predicted molar refractivity (Wildman–Crippen MR) is 137 cm³/mol. The van der Waals surface area contributed by atoms with Gasteiger partial charge >= 0.3 is 5.69 Å². The lowest BCUT2D eigenvalue weighted by atomic mass is 10.0. The number of hydrogen-bond donors (Lipinski definition) is 1. The highest BCUT2D eigenvalue weighted by atomic mass is 16.5. The SMILES string of the molecule is Cc1cccn2cc(COc3ccccc3C(=O)N3CCC(n4c(=O)[nH]c5ccccc54)CC3)nc12. The number of aryl methyl sites for hydroxylation is 1. The van der Waals surface area contributed by atoms with Gasteiger partial charge in [-0.25, -0.2) is 9.78 Å². The van der Waals surface area contributed by atoms with Gasteiger partial charge in [0.15, 0.2) is 0 Å². The third-order valence-corrected chi connectivity index (χ3v) is 6.96. The van der Waals surface area contributed by atoms with E-state index in [9.17, 15) is 9.59 Å². The zero-order chi connectivity index (χ0) is 24.6. The highest BCUT2D eigenvalue weighted by molar-refractivity contribution is 5.97. The Bertz CT molecular complexity index is 1620. The molecule has 1 aliphatic heterocycles. The van der Waals surface area contributed by atoms with Crippen molar-refractivity contribution >= 4 is 22.6 Å². The number of amides is 1. The number of pyridine rings is 1. The maximum absolute atomic E-state index is 13.4. The Morgan fingerprint density at radius 1 is 1.06 bits per heavy atom. The number of carbonyl (C=O) groups is 1. The second-order valence-electron chi connectivity index (χ2n) is 9.28. The van der Waals surface area contributed by atoms with Crippen molar-refractivity contribution in [2.75, 3.05) is 13.1 Å². The smallest absolute Gasteiger partial charge is 0.326 e. The van der Waals surface area contributed by atoms with Gasteiger partial charge in [-0.2, -0.15) is 0 Å². The normalized spacial score (nSPS) is 14.5. The molecule has 0 spiro atoms. The zero-order valence-corrected chi connectivity index (χ0v) is 20.1. The number of nitrogens with one attached hydrogen (secondary N) is 1. The molecule has 3 aromatic heterocycles. The van der Waals surface area contributed by atoms with Gasteiger partial charge in [0.2, 0.25) is 0 Å². The Morgan fingerprint density at radius 2 is 1.83 bits per heavy atom. The molecule has 1 fully saturated rings. The molecule has 0 saturated carbocycles. The molecule has 0 aliphatic carbocycles. The standard InChI is InChI=1S/C28H27N5O3/c1-19-7-6-14-32-17-20(29-26(19)32)18-36-25-11-5-2-8-22(25)27(34)31-15-12-21(13-16-31)33-24-10-4-3-9-23(24)30-28(33)35/h2-11,14,17,21H,12-13,15-16,18H2,1H3,(H,30,35). The molecule has 8 nitrogen and oxygen atoms in total. The van der Waals surface area contributed by atoms with E-state index in [1.165, 1.54) is 0 Å². The summed E-state index contributed by atoms with van der Waals surface area (Å²) in [7, 11) is 0. The van der Waals surface area contributed by atoms with Gasteiger partial charge in [0, 0.05) is 31.5 Å².